The first kappa shape index (κ1) is 19.2. The predicted molar refractivity (Wildman–Crippen MR) is 107 cm³/mol. The number of aliphatic imine (C=N–C) groups is 1. The Morgan fingerprint density at radius 2 is 1.82 bits per heavy atom. The van der Waals surface area contributed by atoms with E-state index in [9.17, 15) is 0 Å². The molecule has 0 aliphatic heterocycles. The van der Waals surface area contributed by atoms with Crippen LogP contribution in [0.4, 0.5) is 0 Å². The van der Waals surface area contributed by atoms with Crippen LogP contribution in [0.15, 0.2) is 45.2 Å². The van der Waals surface area contributed by atoms with E-state index in [1.807, 2.05) is 24.3 Å². The molecule has 2 N–H and O–H groups in total. The molecule has 2 aromatic rings. The van der Waals surface area contributed by atoms with Crippen LogP contribution in [0, 0.1) is 0 Å². The summed E-state index contributed by atoms with van der Waals surface area (Å²) in [5.74, 6) is 1.65. The standard InChI is InChI=1S/C15H18BrN3OS.HI/c1-17-15(19-10-13-7-8-14(16)21-13)18-9-11-3-5-12(20-2)6-4-11;/h3-8H,9-10H2,1-2H3,(H2,17,18,19);1H. The molecule has 0 saturated carbocycles. The first-order valence-electron chi connectivity index (χ1n) is 6.53. The summed E-state index contributed by atoms with van der Waals surface area (Å²) in [4.78, 5) is 5.48. The van der Waals surface area contributed by atoms with Gasteiger partial charge in [-0.1, -0.05) is 12.1 Å². The maximum absolute atomic E-state index is 5.15. The Balaban J connectivity index is 0.00000242. The number of methoxy groups -OCH3 is 1. The van der Waals surface area contributed by atoms with Crippen molar-refractivity contribution in [1.82, 2.24) is 10.6 Å². The van der Waals surface area contributed by atoms with Crippen LogP contribution in [0.5, 0.6) is 5.75 Å². The summed E-state index contributed by atoms with van der Waals surface area (Å²) >= 11 is 5.18. The molecule has 0 unspecified atom stereocenters. The molecule has 0 aliphatic rings. The highest BCUT2D eigenvalue weighted by Crippen LogP contribution is 2.21. The second-order valence-corrected chi connectivity index (χ2v) is 6.88. The molecule has 0 radical (unpaired) electrons. The van der Waals surface area contributed by atoms with Crippen LogP contribution in [-0.2, 0) is 13.1 Å². The van der Waals surface area contributed by atoms with Gasteiger partial charge in [0.1, 0.15) is 5.75 Å². The Morgan fingerprint density at radius 3 is 2.36 bits per heavy atom. The van der Waals surface area contributed by atoms with E-state index < -0.39 is 0 Å². The number of ether oxygens (including phenoxy) is 1. The Morgan fingerprint density at radius 1 is 1.14 bits per heavy atom. The highest BCUT2D eigenvalue weighted by Gasteiger charge is 2.01. The Kier molecular flexibility index (Phi) is 8.81. The fraction of sp³-hybridized carbons (Fsp3) is 0.267. The van der Waals surface area contributed by atoms with E-state index >= 15 is 0 Å². The molecular formula is C15H19BrIN3OS. The molecule has 1 heterocycles. The quantitative estimate of drug-likeness (QED) is 0.374. The zero-order chi connectivity index (χ0) is 15.1. The van der Waals surface area contributed by atoms with Gasteiger partial charge in [-0.15, -0.1) is 35.3 Å². The van der Waals surface area contributed by atoms with Gasteiger partial charge >= 0.3 is 0 Å². The Bertz CT molecular complexity index is 601. The van der Waals surface area contributed by atoms with E-state index in [2.05, 4.69) is 43.7 Å². The van der Waals surface area contributed by atoms with Crippen molar-refractivity contribution in [2.45, 2.75) is 13.1 Å². The molecule has 120 valence electrons. The van der Waals surface area contributed by atoms with Crippen LogP contribution in [0.3, 0.4) is 0 Å². The molecule has 4 nitrogen and oxygen atoms in total. The van der Waals surface area contributed by atoms with Crippen LogP contribution in [0.2, 0.25) is 0 Å². The van der Waals surface area contributed by atoms with Gasteiger partial charge in [-0.05, 0) is 45.8 Å². The number of guanidine groups is 1. The molecule has 0 saturated heterocycles. The number of nitrogens with one attached hydrogen (secondary N) is 2. The number of nitrogens with zero attached hydrogens (tertiary/aromatic N) is 1. The smallest absolute Gasteiger partial charge is 0.191 e. The van der Waals surface area contributed by atoms with Crippen LogP contribution in [0.25, 0.3) is 0 Å². The van der Waals surface area contributed by atoms with Crippen LogP contribution < -0.4 is 15.4 Å². The minimum atomic E-state index is 0. The highest BCUT2D eigenvalue weighted by molar-refractivity contribution is 14.0. The second kappa shape index (κ2) is 10.1. The Labute approximate surface area is 160 Å². The van der Waals surface area contributed by atoms with Crippen molar-refractivity contribution in [1.29, 1.82) is 0 Å². The van der Waals surface area contributed by atoms with Crippen LogP contribution in [0.1, 0.15) is 10.4 Å². The maximum atomic E-state index is 5.15. The van der Waals surface area contributed by atoms with Gasteiger partial charge in [-0.2, -0.15) is 0 Å². The van der Waals surface area contributed by atoms with Gasteiger partial charge in [0.2, 0.25) is 0 Å². The molecule has 0 spiro atoms. The third-order valence-corrected chi connectivity index (χ3v) is 4.53. The fourth-order valence-corrected chi connectivity index (χ4v) is 3.19. The molecule has 0 atom stereocenters. The number of rotatable bonds is 5. The lowest BCUT2D eigenvalue weighted by Gasteiger charge is -2.11. The molecule has 0 fully saturated rings. The summed E-state index contributed by atoms with van der Waals surface area (Å²) in [6, 6.07) is 12.1. The van der Waals surface area contributed by atoms with Crippen molar-refractivity contribution >= 4 is 57.2 Å². The Hall–Kier alpha value is -0.800. The highest BCUT2D eigenvalue weighted by atomic mass is 127. The average molecular weight is 496 g/mol. The van der Waals surface area contributed by atoms with Crippen molar-refractivity contribution in [3.63, 3.8) is 0 Å². The van der Waals surface area contributed by atoms with E-state index in [0.29, 0.717) is 0 Å². The summed E-state index contributed by atoms with van der Waals surface area (Å²) in [6.07, 6.45) is 0. The number of benzene rings is 1. The topological polar surface area (TPSA) is 45.7 Å². The lowest BCUT2D eigenvalue weighted by atomic mass is 10.2. The van der Waals surface area contributed by atoms with E-state index in [1.54, 1.807) is 25.5 Å². The lowest BCUT2D eigenvalue weighted by molar-refractivity contribution is 0.414. The normalized spacial score (nSPS) is 10.8. The van der Waals surface area contributed by atoms with Crippen molar-refractivity contribution in [2.75, 3.05) is 14.2 Å². The van der Waals surface area contributed by atoms with Gasteiger partial charge in [0.25, 0.3) is 0 Å². The molecule has 22 heavy (non-hydrogen) atoms. The van der Waals surface area contributed by atoms with Gasteiger partial charge < -0.3 is 15.4 Å². The maximum Gasteiger partial charge on any atom is 0.191 e. The van der Waals surface area contributed by atoms with E-state index in [0.717, 1.165) is 28.6 Å². The van der Waals surface area contributed by atoms with Crippen molar-refractivity contribution in [3.8, 4) is 5.75 Å². The van der Waals surface area contributed by atoms with Crippen molar-refractivity contribution in [2.24, 2.45) is 4.99 Å². The number of hydrogen-bond donors (Lipinski definition) is 2. The molecule has 2 rings (SSSR count). The number of hydrogen-bond acceptors (Lipinski definition) is 3. The fourth-order valence-electron chi connectivity index (χ4n) is 1.77. The molecule has 1 aromatic heterocycles. The van der Waals surface area contributed by atoms with E-state index in [4.69, 9.17) is 4.74 Å². The van der Waals surface area contributed by atoms with Crippen molar-refractivity contribution < 1.29 is 4.74 Å². The van der Waals surface area contributed by atoms with E-state index in [1.165, 1.54) is 10.4 Å². The summed E-state index contributed by atoms with van der Waals surface area (Å²) in [6.45, 7) is 1.48. The third kappa shape index (κ3) is 6.13. The van der Waals surface area contributed by atoms with Crippen LogP contribution >= 0.6 is 51.2 Å². The molecule has 0 amide bonds. The van der Waals surface area contributed by atoms with Gasteiger partial charge in [-0.3, -0.25) is 4.99 Å². The van der Waals surface area contributed by atoms with E-state index in [-0.39, 0.29) is 24.0 Å². The number of thiophene rings is 1. The second-order valence-electron chi connectivity index (χ2n) is 4.33. The first-order chi connectivity index (χ1) is 10.2. The number of halogens is 2. The predicted octanol–water partition coefficient (Wildman–Crippen LogP) is 4.00. The average Bonchev–Trinajstić information content (AvgIpc) is 2.93. The molecule has 7 heteroatoms. The molecule has 1 aromatic carbocycles. The summed E-state index contributed by atoms with van der Waals surface area (Å²) in [5.41, 5.74) is 1.18. The minimum Gasteiger partial charge on any atom is -0.497 e. The zero-order valence-corrected chi connectivity index (χ0v) is 17.2. The van der Waals surface area contributed by atoms with Gasteiger partial charge in [0.15, 0.2) is 5.96 Å². The van der Waals surface area contributed by atoms with Gasteiger partial charge in [0, 0.05) is 18.5 Å². The van der Waals surface area contributed by atoms with Gasteiger partial charge in [-0.25, -0.2) is 0 Å². The SMILES string of the molecule is CN=C(NCc1ccc(OC)cc1)NCc1ccc(Br)s1.I. The summed E-state index contributed by atoms with van der Waals surface area (Å²) in [7, 11) is 3.44. The minimum absolute atomic E-state index is 0. The van der Waals surface area contributed by atoms with Gasteiger partial charge in [0.05, 0.1) is 17.4 Å². The van der Waals surface area contributed by atoms with Crippen molar-refractivity contribution in [3.05, 3.63) is 50.6 Å². The molecular weight excluding hydrogens is 477 g/mol. The lowest BCUT2D eigenvalue weighted by Crippen LogP contribution is -2.36. The largest absolute Gasteiger partial charge is 0.497 e. The first-order valence-corrected chi connectivity index (χ1v) is 8.14. The van der Waals surface area contributed by atoms with Crippen LogP contribution in [-0.4, -0.2) is 20.1 Å². The summed E-state index contributed by atoms with van der Waals surface area (Å²) in [5, 5.41) is 6.59. The third-order valence-electron chi connectivity index (χ3n) is 2.90. The monoisotopic (exact) mass is 495 g/mol. The summed E-state index contributed by atoms with van der Waals surface area (Å²) < 4.78 is 6.29. The molecule has 0 aliphatic carbocycles. The zero-order valence-electron chi connectivity index (χ0n) is 12.4. The molecule has 0 bridgehead atoms.